The zero-order chi connectivity index (χ0) is 19.8. The maximum Gasteiger partial charge on any atom is 0.338 e. The topological polar surface area (TPSA) is 74.8 Å². The van der Waals surface area contributed by atoms with E-state index in [1.165, 1.54) is 7.11 Å². The molecule has 0 bridgehead atoms. The number of benzene rings is 1. The molecule has 0 amide bonds. The first-order valence-corrected chi connectivity index (χ1v) is 8.99. The molecule has 0 aliphatic carbocycles. The van der Waals surface area contributed by atoms with Gasteiger partial charge in [-0.25, -0.2) is 14.5 Å². The van der Waals surface area contributed by atoms with Crippen LogP contribution in [0, 0.1) is 13.8 Å². The Bertz CT molecular complexity index is 1170. The number of methoxy groups -OCH3 is 1. The molecule has 0 N–H and O–H groups in total. The van der Waals surface area contributed by atoms with Crippen LogP contribution in [0.1, 0.15) is 27.3 Å². The van der Waals surface area contributed by atoms with Crippen LogP contribution in [0.15, 0.2) is 42.6 Å². The number of rotatable bonds is 4. The lowest BCUT2D eigenvalue weighted by atomic mass is 10.1. The Morgan fingerprint density at radius 2 is 1.86 bits per heavy atom. The van der Waals surface area contributed by atoms with Crippen LogP contribution in [-0.2, 0) is 18.3 Å². The van der Waals surface area contributed by atoms with Gasteiger partial charge in [0.25, 0.3) is 0 Å². The van der Waals surface area contributed by atoms with Crippen LogP contribution in [0.4, 0.5) is 0 Å². The molecule has 0 unspecified atom stereocenters. The van der Waals surface area contributed by atoms with Crippen LogP contribution in [0.2, 0.25) is 0 Å². The van der Waals surface area contributed by atoms with Crippen molar-refractivity contribution in [2.75, 3.05) is 7.11 Å². The van der Waals surface area contributed by atoms with E-state index in [4.69, 9.17) is 9.72 Å². The summed E-state index contributed by atoms with van der Waals surface area (Å²) in [4.78, 5) is 17.4. The molecule has 0 saturated carbocycles. The Morgan fingerprint density at radius 1 is 1.11 bits per heavy atom. The van der Waals surface area contributed by atoms with Gasteiger partial charge in [0.15, 0.2) is 5.65 Å². The third-order valence-electron chi connectivity index (χ3n) is 4.75. The maximum absolute atomic E-state index is 12.5. The second kappa shape index (κ2) is 6.92. The standard InChI is InChI=1S/C21H21N5O2/c1-13-17(12-25(3)23-13)18-10-16(21(27)28-4)19-14(2)24-26(20(19)22-18)11-15-8-6-5-7-9-15/h5-10,12H,11H2,1-4H3. The van der Waals surface area contributed by atoms with Crippen LogP contribution < -0.4 is 0 Å². The molecule has 4 aromatic rings. The maximum atomic E-state index is 12.5. The highest BCUT2D eigenvalue weighted by Gasteiger charge is 2.22. The molecule has 0 fully saturated rings. The number of fused-ring (bicyclic) bond motifs is 1. The summed E-state index contributed by atoms with van der Waals surface area (Å²) in [6, 6.07) is 11.8. The first kappa shape index (κ1) is 17.9. The van der Waals surface area contributed by atoms with Gasteiger partial charge in [-0.15, -0.1) is 0 Å². The zero-order valence-corrected chi connectivity index (χ0v) is 16.3. The van der Waals surface area contributed by atoms with Gasteiger partial charge in [-0.2, -0.15) is 10.2 Å². The summed E-state index contributed by atoms with van der Waals surface area (Å²) in [6.07, 6.45) is 1.90. The zero-order valence-electron chi connectivity index (χ0n) is 16.3. The summed E-state index contributed by atoms with van der Waals surface area (Å²) < 4.78 is 8.60. The molecule has 1 aromatic carbocycles. The number of aromatic nitrogens is 5. The van der Waals surface area contributed by atoms with Crippen LogP contribution in [0.5, 0.6) is 0 Å². The normalized spacial score (nSPS) is 11.1. The van der Waals surface area contributed by atoms with E-state index in [9.17, 15) is 4.79 Å². The fourth-order valence-electron chi connectivity index (χ4n) is 3.48. The Kier molecular flexibility index (Phi) is 4.43. The van der Waals surface area contributed by atoms with Crippen molar-refractivity contribution in [3.8, 4) is 11.3 Å². The Labute approximate surface area is 162 Å². The lowest BCUT2D eigenvalue weighted by Gasteiger charge is -2.08. The molecule has 0 radical (unpaired) electrons. The van der Waals surface area contributed by atoms with Crippen molar-refractivity contribution in [2.45, 2.75) is 20.4 Å². The van der Waals surface area contributed by atoms with E-state index in [0.717, 1.165) is 22.5 Å². The van der Waals surface area contributed by atoms with E-state index in [1.807, 2.05) is 62.1 Å². The van der Waals surface area contributed by atoms with E-state index in [2.05, 4.69) is 10.2 Å². The van der Waals surface area contributed by atoms with Gasteiger partial charge in [0.05, 0.1) is 41.7 Å². The summed E-state index contributed by atoms with van der Waals surface area (Å²) in [5, 5.41) is 9.76. The summed E-state index contributed by atoms with van der Waals surface area (Å²) in [5.41, 5.74) is 5.36. The molecule has 4 rings (SSSR count). The molecule has 0 saturated heterocycles. The van der Waals surface area contributed by atoms with E-state index < -0.39 is 5.97 Å². The third kappa shape index (κ3) is 3.05. The quantitative estimate of drug-likeness (QED) is 0.512. The van der Waals surface area contributed by atoms with Gasteiger partial charge in [-0.1, -0.05) is 30.3 Å². The fourth-order valence-corrected chi connectivity index (χ4v) is 3.48. The van der Waals surface area contributed by atoms with Gasteiger partial charge in [-0.3, -0.25) is 4.68 Å². The monoisotopic (exact) mass is 375 g/mol. The van der Waals surface area contributed by atoms with Gasteiger partial charge in [0.1, 0.15) is 0 Å². The number of nitrogens with zero attached hydrogens (tertiary/aromatic N) is 5. The third-order valence-corrected chi connectivity index (χ3v) is 4.75. The SMILES string of the molecule is COC(=O)c1cc(-c2cn(C)nc2C)nc2c1c(C)nn2Cc1ccccc1. The minimum Gasteiger partial charge on any atom is -0.465 e. The lowest BCUT2D eigenvalue weighted by molar-refractivity contribution is 0.0603. The predicted octanol–water partition coefficient (Wildman–Crippen LogP) is 3.28. The van der Waals surface area contributed by atoms with Crippen molar-refractivity contribution >= 4 is 17.0 Å². The van der Waals surface area contributed by atoms with Gasteiger partial charge in [-0.05, 0) is 25.5 Å². The first-order valence-electron chi connectivity index (χ1n) is 8.99. The van der Waals surface area contributed by atoms with E-state index in [-0.39, 0.29) is 0 Å². The largest absolute Gasteiger partial charge is 0.465 e. The Balaban J connectivity index is 1.96. The van der Waals surface area contributed by atoms with Gasteiger partial charge >= 0.3 is 5.97 Å². The van der Waals surface area contributed by atoms with E-state index in [1.54, 1.807) is 10.7 Å². The van der Waals surface area contributed by atoms with Gasteiger partial charge < -0.3 is 4.74 Å². The molecule has 0 atom stereocenters. The number of aryl methyl sites for hydroxylation is 3. The van der Waals surface area contributed by atoms with Crippen LogP contribution >= 0.6 is 0 Å². The van der Waals surface area contributed by atoms with Crippen molar-refractivity contribution in [1.82, 2.24) is 24.5 Å². The highest BCUT2D eigenvalue weighted by molar-refractivity contribution is 6.05. The number of ether oxygens (including phenoxy) is 1. The molecule has 0 aliphatic heterocycles. The van der Waals surface area contributed by atoms with Crippen molar-refractivity contribution < 1.29 is 9.53 Å². The smallest absolute Gasteiger partial charge is 0.338 e. The second-order valence-corrected chi connectivity index (χ2v) is 6.78. The average molecular weight is 375 g/mol. The molecular formula is C21H21N5O2. The van der Waals surface area contributed by atoms with Crippen LogP contribution in [0.3, 0.4) is 0 Å². The number of carbonyl (C=O) groups is 1. The molecule has 142 valence electrons. The highest BCUT2D eigenvalue weighted by atomic mass is 16.5. The number of hydrogen-bond acceptors (Lipinski definition) is 5. The molecule has 7 heteroatoms. The van der Waals surface area contributed by atoms with Crippen molar-refractivity contribution in [3.63, 3.8) is 0 Å². The fraction of sp³-hybridized carbons (Fsp3) is 0.238. The molecular weight excluding hydrogens is 354 g/mol. The van der Waals surface area contributed by atoms with Crippen LogP contribution in [-0.4, -0.2) is 37.6 Å². The van der Waals surface area contributed by atoms with Gasteiger partial charge in [0.2, 0.25) is 0 Å². The lowest BCUT2D eigenvalue weighted by Crippen LogP contribution is -2.06. The number of carbonyl (C=O) groups excluding carboxylic acids is 1. The Hall–Kier alpha value is -3.48. The van der Waals surface area contributed by atoms with Gasteiger partial charge in [0, 0.05) is 18.8 Å². The summed E-state index contributed by atoms with van der Waals surface area (Å²) >= 11 is 0. The molecule has 3 aromatic heterocycles. The summed E-state index contributed by atoms with van der Waals surface area (Å²) in [5.74, 6) is -0.405. The van der Waals surface area contributed by atoms with Crippen LogP contribution in [0.25, 0.3) is 22.3 Å². The Morgan fingerprint density at radius 3 is 2.50 bits per heavy atom. The predicted molar refractivity (Wildman–Crippen MR) is 106 cm³/mol. The molecule has 7 nitrogen and oxygen atoms in total. The average Bonchev–Trinajstić information content (AvgIpc) is 3.19. The van der Waals surface area contributed by atoms with E-state index >= 15 is 0 Å². The minimum absolute atomic E-state index is 0.405. The number of pyridine rings is 1. The molecule has 3 heterocycles. The minimum atomic E-state index is -0.405. The summed E-state index contributed by atoms with van der Waals surface area (Å²) in [7, 11) is 3.24. The molecule has 0 aliphatic rings. The highest BCUT2D eigenvalue weighted by Crippen LogP contribution is 2.29. The van der Waals surface area contributed by atoms with E-state index in [0.29, 0.717) is 28.8 Å². The molecule has 28 heavy (non-hydrogen) atoms. The van der Waals surface area contributed by atoms with Crippen molar-refractivity contribution in [2.24, 2.45) is 7.05 Å². The molecule has 0 spiro atoms. The second-order valence-electron chi connectivity index (χ2n) is 6.78. The number of esters is 1. The first-order chi connectivity index (χ1) is 13.5. The van der Waals surface area contributed by atoms with Crippen molar-refractivity contribution in [1.29, 1.82) is 0 Å². The number of hydrogen-bond donors (Lipinski definition) is 0. The summed E-state index contributed by atoms with van der Waals surface area (Å²) in [6.45, 7) is 4.37. The van der Waals surface area contributed by atoms with Crippen molar-refractivity contribution in [3.05, 3.63) is 65.1 Å².